The van der Waals surface area contributed by atoms with E-state index in [1.807, 2.05) is 9.95 Å². The van der Waals surface area contributed by atoms with E-state index in [0.29, 0.717) is 28.0 Å². The van der Waals surface area contributed by atoms with Crippen LogP contribution in [0.15, 0.2) is 28.1 Å². The zero-order chi connectivity index (χ0) is 13.6. The molecular formula is C13H11BrFN3S. The van der Waals surface area contributed by atoms with Gasteiger partial charge in [-0.15, -0.1) is 11.3 Å². The minimum absolute atomic E-state index is 0.309. The zero-order valence-corrected chi connectivity index (χ0v) is 12.6. The predicted molar refractivity (Wildman–Crippen MR) is 80.0 cm³/mol. The molecule has 3 rings (SSSR count). The normalized spacial score (nSPS) is 11.3. The lowest BCUT2D eigenvalue weighted by atomic mass is 10.2. The highest BCUT2D eigenvalue weighted by molar-refractivity contribution is 9.10. The third kappa shape index (κ3) is 2.15. The van der Waals surface area contributed by atoms with Crippen LogP contribution in [-0.4, -0.2) is 9.55 Å². The first kappa shape index (κ1) is 12.6. The number of anilines is 1. The first-order valence-corrected chi connectivity index (χ1v) is 7.37. The summed E-state index contributed by atoms with van der Waals surface area (Å²) in [6.45, 7) is 2.67. The Morgan fingerprint density at radius 3 is 2.95 bits per heavy atom. The monoisotopic (exact) mass is 339 g/mol. The second-order valence-electron chi connectivity index (χ2n) is 4.34. The molecule has 0 saturated carbocycles. The molecule has 0 aliphatic carbocycles. The summed E-state index contributed by atoms with van der Waals surface area (Å²) in [4.78, 5) is 5.48. The molecule has 98 valence electrons. The molecule has 0 aliphatic heterocycles. The fraction of sp³-hybridized carbons (Fsp3) is 0.154. The van der Waals surface area contributed by atoms with Crippen LogP contribution in [0.2, 0.25) is 0 Å². The molecule has 6 heteroatoms. The quantitative estimate of drug-likeness (QED) is 0.768. The zero-order valence-electron chi connectivity index (χ0n) is 10.2. The van der Waals surface area contributed by atoms with Crippen molar-refractivity contribution >= 4 is 44.2 Å². The van der Waals surface area contributed by atoms with Gasteiger partial charge in [-0.05, 0) is 45.9 Å². The van der Waals surface area contributed by atoms with E-state index in [-0.39, 0.29) is 5.82 Å². The number of nitrogens with two attached hydrogens (primary N) is 1. The smallest absolute Gasteiger partial charge is 0.201 e. The fourth-order valence-corrected chi connectivity index (χ4v) is 3.24. The fourth-order valence-electron chi connectivity index (χ4n) is 2.01. The lowest BCUT2D eigenvalue weighted by Crippen LogP contribution is -2.04. The minimum atomic E-state index is -0.309. The van der Waals surface area contributed by atoms with Gasteiger partial charge in [-0.3, -0.25) is 0 Å². The molecule has 0 saturated heterocycles. The first-order valence-electron chi connectivity index (χ1n) is 5.70. The van der Waals surface area contributed by atoms with E-state index in [4.69, 9.17) is 5.73 Å². The summed E-state index contributed by atoms with van der Waals surface area (Å²) >= 11 is 4.82. The van der Waals surface area contributed by atoms with Gasteiger partial charge in [0.05, 0.1) is 22.1 Å². The van der Waals surface area contributed by atoms with E-state index in [1.54, 1.807) is 17.4 Å². The van der Waals surface area contributed by atoms with E-state index in [9.17, 15) is 4.39 Å². The molecule has 3 aromatic rings. The lowest BCUT2D eigenvalue weighted by Gasteiger charge is -2.06. The molecule has 0 atom stereocenters. The number of halogens is 2. The van der Waals surface area contributed by atoms with E-state index >= 15 is 0 Å². The molecule has 1 aromatic carbocycles. The summed E-state index contributed by atoms with van der Waals surface area (Å²) in [5.41, 5.74) is 8.56. The van der Waals surface area contributed by atoms with Crippen LogP contribution in [0, 0.1) is 12.7 Å². The van der Waals surface area contributed by atoms with E-state index in [1.165, 1.54) is 16.5 Å². The topological polar surface area (TPSA) is 43.8 Å². The van der Waals surface area contributed by atoms with Crippen LogP contribution in [0.1, 0.15) is 10.4 Å². The molecule has 2 N–H and O–H groups in total. The highest BCUT2D eigenvalue weighted by atomic mass is 79.9. The maximum absolute atomic E-state index is 13.7. The van der Waals surface area contributed by atoms with Gasteiger partial charge in [0.1, 0.15) is 5.82 Å². The Labute approximate surface area is 122 Å². The molecule has 3 nitrogen and oxygen atoms in total. The average Bonchev–Trinajstić information content (AvgIpc) is 2.88. The molecule has 0 amide bonds. The lowest BCUT2D eigenvalue weighted by molar-refractivity contribution is 0.622. The van der Waals surface area contributed by atoms with Crippen molar-refractivity contribution in [3.8, 4) is 0 Å². The van der Waals surface area contributed by atoms with Crippen LogP contribution in [0.5, 0.6) is 0 Å². The summed E-state index contributed by atoms with van der Waals surface area (Å²) in [5, 5.41) is 2.04. The highest BCUT2D eigenvalue weighted by Crippen LogP contribution is 2.27. The third-order valence-corrected chi connectivity index (χ3v) is 4.71. The van der Waals surface area contributed by atoms with Crippen LogP contribution in [0.25, 0.3) is 11.0 Å². The number of nitrogen functional groups attached to an aromatic ring is 1. The average molecular weight is 340 g/mol. The second kappa shape index (κ2) is 4.61. The van der Waals surface area contributed by atoms with Crippen molar-refractivity contribution in [2.75, 3.05) is 5.73 Å². The van der Waals surface area contributed by atoms with Gasteiger partial charge in [-0.2, -0.15) is 0 Å². The van der Waals surface area contributed by atoms with Crippen molar-refractivity contribution in [1.82, 2.24) is 9.55 Å². The summed E-state index contributed by atoms with van der Waals surface area (Å²) in [6, 6.07) is 5.18. The molecule has 0 aliphatic rings. The number of hydrogen-bond acceptors (Lipinski definition) is 3. The van der Waals surface area contributed by atoms with Gasteiger partial charge < -0.3 is 10.3 Å². The number of fused-ring (bicyclic) bond motifs is 1. The van der Waals surface area contributed by atoms with Gasteiger partial charge in [0.25, 0.3) is 0 Å². The number of imidazole rings is 1. The number of aryl methyl sites for hydroxylation is 1. The molecule has 19 heavy (non-hydrogen) atoms. The van der Waals surface area contributed by atoms with E-state index in [2.05, 4.69) is 33.9 Å². The molecule has 0 fully saturated rings. The van der Waals surface area contributed by atoms with Gasteiger partial charge >= 0.3 is 0 Å². The van der Waals surface area contributed by atoms with Crippen molar-refractivity contribution in [3.05, 3.63) is 44.3 Å². The van der Waals surface area contributed by atoms with Gasteiger partial charge in [-0.1, -0.05) is 0 Å². The number of nitrogens with zero attached hydrogens (tertiary/aromatic N) is 2. The Bertz CT molecular complexity index is 763. The Morgan fingerprint density at radius 1 is 1.47 bits per heavy atom. The maximum Gasteiger partial charge on any atom is 0.201 e. The van der Waals surface area contributed by atoms with Crippen LogP contribution < -0.4 is 5.73 Å². The number of benzene rings is 1. The highest BCUT2D eigenvalue weighted by Gasteiger charge is 2.13. The van der Waals surface area contributed by atoms with Crippen molar-refractivity contribution in [1.29, 1.82) is 0 Å². The molecule has 2 heterocycles. The number of aromatic nitrogens is 2. The summed E-state index contributed by atoms with van der Waals surface area (Å²) in [7, 11) is 0. The molecule has 0 unspecified atom stereocenters. The van der Waals surface area contributed by atoms with Gasteiger partial charge in [-0.25, -0.2) is 9.37 Å². The Hall–Kier alpha value is -1.40. The van der Waals surface area contributed by atoms with E-state index < -0.39 is 0 Å². The molecule has 2 aromatic heterocycles. The molecule has 0 bridgehead atoms. The van der Waals surface area contributed by atoms with Crippen LogP contribution >= 0.6 is 27.3 Å². The SMILES string of the molecule is Cc1ccsc1Cn1c(N)nc2cc(Br)c(F)cc21. The first-order chi connectivity index (χ1) is 9.06. The number of thiophene rings is 1. The van der Waals surface area contributed by atoms with Crippen molar-refractivity contribution < 1.29 is 4.39 Å². The van der Waals surface area contributed by atoms with Crippen molar-refractivity contribution in [3.63, 3.8) is 0 Å². The van der Waals surface area contributed by atoms with Crippen molar-refractivity contribution in [2.24, 2.45) is 0 Å². The standard InChI is InChI=1S/C13H11BrFN3S/c1-7-2-3-19-12(7)6-18-11-5-9(15)8(14)4-10(11)17-13(18)16/h2-5H,6H2,1H3,(H2,16,17). The minimum Gasteiger partial charge on any atom is -0.369 e. The van der Waals surface area contributed by atoms with Gasteiger partial charge in [0, 0.05) is 10.9 Å². The molecule has 0 radical (unpaired) electrons. The molecular weight excluding hydrogens is 329 g/mol. The second-order valence-corrected chi connectivity index (χ2v) is 6.19. The third-order valence-electron chi connectivity index (χ3n) is 3.09. The van der Waals surface area contributed by atoms with Crippen LogP contribution in [0.3, 0.4) is 0 Å². The van der Waals surface area contributed by atoms with Gasteiger partial charge in [0.15, 0.2) is 0 Å². The summed E-state index contributed by atoms with van der Waals surface area (Å²) in [6.07, 6.45) is 0. The summed E-state index contributed by atoms with van der Waals surface area (Å²) in [5.74, 6) is 0.0943. The maximum atomic E-state index is 13.7. The Kier molecular flexibility index (Phi) is 3.06. The molecule has 0 spiro atoms. The largest absolute Gasteiger partial charge is 0.369 e. The Morgan fingerprint density at radius 2 is 2.26 bits per heavy atom. The predicted octanol–water partition coefficient (Wildman–Crippen LogP) is 3.94. The van der Waals surface area contributed by atoms with Crippen molar-refractivity contribution in [2.45, 2.75) is 13.5 Å². The van der Waals surface area contributed by atoms with Crippen LogP contribution in [-0.2, 0) is 6.54 Å². The van der Waals surface area contributed by atoms with Crippen LogP contribution in [0.4, 0.5) is 10.3 Å². The number of rotatable bonds is 2. The van der Waals surface area contributed by atoms with E-state index in [0.717, 1.165) is 0 Å². The Balaban J connectivity index is 2.15. The summed E-state index contributed by atoms with van der Waals surface area (Å²) < 4.78 is 15.9. The van der Waals surface area contributed by atoms with Gasteiger partial charge in [0.2, 0.25) is 5.95 Å². The number of hydrogen-bond donors (Lipinski definition) is 1.